The van der Waals surface area contributed by atoms with Gasteiger partial charge in [0.05, 0.1) is 5.69 Å². The molecule has 3 rings (SSSR count). The fraction of sp³-hybridized carbons (Fsp3) is 0.200. The number of carbonyl (C=O) groups excluding carboxylic acids is 2. The van der Waals surface area contributed by atoms with Gasteiger partial charge in [0.15, 0.2) is 5.76 Å². The van der Waals surface area contributed by atoms with E-state index < -0.39 is 5.91 Å². The van der Waals surface area contributed by atoms with Gasteiger partial charge in [-0.05, 0) is 41.8 Å². The van der Waals surface area contributed by atoms with Crippen molar-refractivity contribution in [2.45, 2.75) is 26.7 Å². The highest BCUT2D eigenvalue weighted by Gasteiger charge is 2.22. The van der Waals surface area contributed by atoms with Crippen molar-refractivity contribution in [1.82, 2.24) is 10.1 Å². The van der Waals surface area contributed by atoms with E-state index >= 15 is 0 Å². The minimum atomic E-state index is -0.474. The van der Waals surface area contributed by atoms with E-state index in [1.165, 1.54) is 0 Å². The molecule has 0 aliphatic heterocycles. The van der Waals surface area contributed by atoms with Crippen molar-refractivity contribution in [3.05, 3.63) is 57.2 Å². The number of anilines is 1. The molecule has 0 fully saturated rings. The predicted molar refractivity (Wildman–Crippen MR) is 107 cm³/mol. The number of nitrogens with zero attached hydrogens (tertiary/aromatic N) is 2. The summed E-state index contributed by atoms with van der Waals surface area (Å²) in [6.07, 6.45) is 3.88. The number of benzene rings is 1. The molecule has 1 aromatic carbocycles. The number of rotatable bonds is 7. The van der Waals surface area contributed by atoms with E-state index in [1.807, 2.05) is 30.4 Å². The Morgan fingerprint density at radius 1 is 1.32 bits per heavy atom. The van der Waals surface area contributed by atoms with Crippen LogP contribution in [-0.4, -0.2) is 22.5 Å². The summed E-state index contributed by atoms with van der Waals surface area (Å²) in [6.45, 7) is 5.98. The molecular weight excluding hydrogens is 378 g/mol. The maximum absolute atomic E-state index is 12.5. The summed E-state index contributed by atoms with van der Waals surface area (Å²) in [5.41, 5.74) is 2.65. The van der Waals surface area contributed by atoms with Gasteiger partial charge in [-0.15, -0.1) is 11.3 Å². The Morgan fingerprint density at radius 2 is 2.14 bits per heavy atom. The largest absolute Gasteiger partial charge is 0.405 e. The van der Waals surface area contributed by atoms with Crippen LogP contribution in [-0.2, 0) is 4.79 Å². The molecule has 3 aromatic rings. The number of aryl methyl sites for hydroxylation is 1. The second kappa shape index (κ2) is 8.62. The summed E-state index contributed by atoms with van der Waals surface area (Å²) in [7, 11) is 0. The number of aromatic nitrogens is 2. The van der Waals surface area contributed by atoms with Gasteiger partial charge in [-0.2, -0.15) is 0 Å². The van der Waals surface area contributed by atoms with Crippen LogP contribution in [0.1, 0.15) is 52.1 Å². The summed E-state index contributed by atoms with van der Waals surface area (Å²) in [5, 5.41) is 9.30. The van der Waals surface area contributed by atoms with Crippen LogP contribution < -0.4 is 10.1 Å². The molecule has 28 heavy (non-hydrogen) atoms. The lowest BCUT2D eigenvalue weighted by atomic mass is 10.1. The van der Waals surface area contributed by atoms with Gasteiger partial charge < -0.3 is 14.6 Å². The van der Waals surface area contributed by atoms with E-state index in [1.54, 1.807) is 24.3 Å². The smallest absolute Gasteiger partial charge is 0.299 e. The van der Waals surface area contributed by atoms with Crippen molar-refractivity contribution < 1.29 is 18.8 Å². The third kappa shape index (κ3) is 4.52. The minimum Gasteiger partial charge on any atom is -0.405 e. The van der Waals surface area contributed by atoms with Gasteiger partial charge in [0.25, 0.3) is 18.3 Å². The fourth-order valence-corrected chi connectivity index (χ4v) is 3.33. The van der Waals surface area contributed by atoms with Crippen LogP contribution in [0.2, 0.25) is 0 Å². The van der Waals surface area contributed by atoms with Crippen LogP contribution >= 0.6 is 11.3 Å². The highest BCUT2D eigenvalue weighted by atomic mass is 32.1. The molecule has 7 nitrogen and oxygen atoms in total. The van der Waals surface area contributed by atoms with Gasteiger partial charge in [-0.3, -0.25) is 9.59 Å². The van der Waals surface area contributed by atoms with Gasteiger partial charge in [0, 0.05) is 11.1 Å². The zero-order chi connectivity index (χ0) is 20.1. The Morgan fingerprint density at radius 3 is 2.86 bits per heavy atom. The molecule has 0 bridgehead atoms. The first-order valence-electron chi connectivity index (χ1n) is 8.59. The van der Waals surface area contributed by atoms with Gasteiger partial charge >= 0.3 is 0 Å². The number of hydrogen-bond acceptors (Lipinski definition) is 7. The quantitative estimate of drug-likeness (QED) is 0.589. The fourth-order valence-electron chi connectivity index (χ4n) is 2.46. The SMILES string of the molecule is Cc1onc(OC=O)c1C(=O)Nc1cccc(/C=C/c2nc(C(C)C)cs2)c1. The maximum Gasteiger partial charge on any atom is 0.299 e. The standard InChI is InChI=1S/C20H19N3O4S/c1-12(2)16-10-28-17(22-16)8-7-14-5-4-6-15(9-14)21-19(25)18-13(3)27-23-20(18)26-11-24/h4-12H,1-3H3,(H,21,25)/b8-7+. The van der Waals surface area contributed by atoms with E-state index in [2.05, 4.69) is 39.4 Å². The van der Waals surface area contributed by atoms with Crippen LogP contribution in [0.5, 0.6) is 5.88 Å². The summed E-state index contributed by atoms with van der Waals surface area (Å²) >= 11 is 1.59. The van der Waals surface area contributed by atoms with E-state index in [0.29, 0.717) is 11.6 Å². The van der Waals surface area contributed by atoms with E-state index in [-0.39, 0.29) is 23.7 Å². The average Bonchev–Trinajstić information content (AvgIpc) is 3.28. The van der Waals surface area contributed by atoms with Crippen molar-refractivity contribution in [3.63, 3.8) is 0 Å². The van der Waals surface area contributed by atoms with Gasteiger partial charge in [-0.1, -0.05) is 32.1 Å². The average molecular weight is 397 g/mol. The van der Waals surface area contributed by atoms with Crippen LogP contribution in [0.4, 0.5) is 5.69 Å². The zero-order valence-electron chi connectivity index (χ0n) is 15.6. The third-order valence-corrected chi connectivity index (χ3v) is 4.74. The van der Waals surface area contributed by atoms with E-state index in [9.17, 15) is 9.59 Å². The van der Waals surface area contributed by atoms with Crippen molar-refractivity contribution >= 4 is 41.6 Å². The van der Waals surface area contributed by atoms with E-state index in [0.717, 1.165) is 16.3 Å². The molecule has 8 heteroatoms. The second-order valence-electron chi connectivity index (χ2n) is 6.31. The minimum absolute atomic E-state index is 0.0806. The predicted octanol–water partition coefficient (Wildman–Crippen LogP) is 4.52. The second-order valence-corrected chi connectivity index (χ2v) is 7.20. The van der Waals surface area contributed by atoms with Crippen molar-refractivity contribution in [3.8, 4) is 5.88 Å². The molecule has 0 unspecified atom stereocenters. The summed E-state index contributed by atoms with van der Waals surface area (Å²) in [4.78, 5) is 27.6. The van der Waals surface area contributed by atoms with Crippen molar-refractivity contribution in [2.75, 3.05) is 5.32 Å². The molecule has 0 aliphatic rings. The van der Waals surface area contributed by atoms with Gasteiger partial charge in [0.2, 0.25) is 0 Å². The van der Waals surface area contributed by atoms with Crippen LogP contribution in [0, 0.1) is 6.92 Å². The molecule has 2 aromatic heterocycles. The number of amides is 1. The maximum atomic E-state index is 12.5. The van der Waals surface area contributed by atoms with Crippen molar-refractivity contribution in [2.24, 2.45) is 0 Å². The van der Waals surface area contributed by atoms with Gasteiger partial charge in [-0.25, -0.2) is 4.98 Å². The first-order chi connectivity index (χ1) is 13.5. The number of thiazole rings is 1. The molecule has 0 atom stereocenters. The highest BCUT2D eigenvalue weighted by Crippen LogP contribution is 2.23. The molecule has 0 saturated heterocycles. The number of nitrogens with one attached hydrogen (secondary N) is 1. The van der Waals surface area contributed by atoms with Crippen molar-refractivity contribution in [1.29, 1.82) is 0 Å². The molecule has 2 heterocycles. The Hall–Kier alpha value is -3.26. The van der Waals surface area contributed by atoms with Crippen LogP contribution in [0.3, 0.4) is 0 Å². The van der Waals surface area contributed by atoms with Crippen LogP contribution in [0.25, 0.3) is 12.2 Å². The monoisotopic (exact) mass is 397 g/mol. The first kappa shape index (κ1) is 19.5. The Balaban J connectivity index is 1.74. The Bertz CT molecular complexity index is 1020. The van der Waals surface area contributed by atoms with Crippen LogP contribution in [0.15, 0.2) is 34.2 Å². The lowest BCUT2D eigenvalue weighted by Crippen LogP contribution is -2.13. The molecule has 1 N–H and O–H groups in total. The molecule has 0 saturated carbocycles. The Labute approximate surface area is 166 Å². The summed E-state index contributed by atoms with van der Waals surface area (Å²) < 4.78 is 9.61. The normalized spacial score (nSPS) is 11.1. The highest BCUT2D eigenvalue weighted by molar-refractivity contribution is 7.10. The lowest BCUT2D eigenvalue weighted by molar-refractivity contribution is -0.121. The number of ether oxygens (including phenoxy) is 1. The number of hydrogen-bond donors (Lipinski definition) is 1. The Kier molecular flexibility index (Phi) is 6.00. The summed E-state index contributed by atoms with van der Waals surface area (Å²) in [6, 6.07) is 7.35. The zero-order valence-corrected chi connectivity index (χ0v) is 16.4. The first-order valence-corrected chi connectivity index (χ1v) is 9.47. The molecular formula is C20H19N3O4S. The molecule has 0 radical (unpaired) electrons. The molecule has 1 amide bonds. The summed E-state index contributed by atoms with van der Waals surface area (Å²) in [5.74, 6) is 0.0185. The third-order valence-electron chi connectivity index (χ3n) is 3.91. The van der Waals surface area contributed by atoms with E-state index in [4.69, 9.17) is 4.52 Å². The topological polar surface area (TPSA) is 94.3 Å². The lowest BCUT2D eigenvalue weighted by Gasteiger charge is -2.05. The number of carbonyl (C=O) groups is 2. The molecule has 144 valence electrons. The molecule has 0 aliphatic carbocycles. The molecule has 0 spiro atoms. The van der Waals surface area contributed by atoms with Gasteiger partial charge in [0.1, 0.15) is 10.6 Å².